The molecule has 0 aromatic rings. The average Bonchev–Trinajstić information content (AvgIpc) is 1.67. The molecule has 0 atom stereocenters. The van der Waals surface area contributed by atoms with Gasteiger partial charge in [-0.15, -0.1) is 0 Å². The molecule has 46 valence electrons. The van der Waals surface area contributed by atoms with Crippen LogP contribution in [0.5, 0.6) is 0 Å². The van der Waals surface area contributed by atoms with Crippen molar-refractivity contribution in [3.63, 3.8) is 0 Å². The number of aliphatic carboxylic acids is 1. The van der Waals surface area contributed by atoms with Crippen LogP contribution in [0.15, 0.2) is 0 Å². The molecule has 0 saturated carbocycles. The van der Waals surface area contributed by atoms with Crippen molar-refractivity contribution in [3.05, 3.63) is 0 Å². The quantitative estimate of drug-likeness (QED) is 0.528. The monoisotopic (exact) mass is 134 g/mol. The molecule has 0 unspecified atom stereocenters. The van der Waals surface area contributed by atoms with Crippen LogP contribution in [0.4, 0.5) is 0 Å². The maximum atomic E-state index is 9.82. The zero-order chi connectivity index (χ0) is 6.57. The third-order valence-corrected chi connectivity index (χ3v) is 0.743. The maximum Gasteiger partial charge on any atom is 0.383 e. The van der Waals surface area contributed by atoms with E-state index in [1.807, 2.05) is 0 Å². The molecule has 0 aliphatic heterocycles. The van der Waals surface area contributed by atoms with E-state index in [1.54, 1.807) is 6.92 Å². The van der Waals surface area contributed by atoms with Crippen molar-refractivity contribution < 1.29 is 14.6 Å². The Labute approximate surface area is 52.3 Å². The van der Waals surface area contributed by atoms with Crippen LogP contribution in [-0.4, -0.2) is 22.7 Å². The van der Waals surface area contributed by atoms with E-state index < -0.39 is 5.97 Å². The van der Waals surface area contributed by atoms with E-state index in [2.05, 4.69) is 17.0 Å². The summed E-state index contributed by atoms with van der Waals surface area (Å²) < 4.78 is 4.44. The summed E-state index contributed by atoms with van der Waals surface area (Å²) in [5.41, 5.74) is 0. The molecular weight excluding hydrogens is 128 g/mol. The summed E-state index contributed by atoms with van der Waals surface area (Å²) in [7, 11) is 0. The number of hydrogen-bond acceptors (Lipinski definition) is 3. The molecule has 8 heavy (non-hydrogen) atoms. The van der Waals surface area contributed by atoms with E-state index in [0.29, 0.717) is 6.61 Å². The first-order chi connectivity index (χ1) is 3.68. The molecule has 0 rings (SSSR count). The first kappa shape index (κ1) is 7.36. The van der Waals surface area contributed by atoms with Gasteiger partial charge in [-0.25, -0.2) is 4.79 Å². The van der Waals surface area contributed by atoms with Gasteiger partial charge in [0.2, 0.25) is 0 Å². The Morgan fingerprint density at radius 1 is 1.88 bits per heavy atom. The van der Waals surface area contributed by atoms with Crippen LogP contribution < -0.4 is 0 Å². The highest BCUT2D eigenvalue weighted by molar-refractivity contribution is 7.81. The Bertz CT molecular complexity index is 110. The number of thiocarbonyl (C=S) groups is 1. The third kappa shape index (κ3) is 2.52. The molecule has 0 aromatic carbocycles. The lowest BCUT2D eigenvalue weighted by Crippen LogP contribution is -2.13. The van der Waals surface area contributed by atoms with Crippen molar-refractivity contribution in [1.82, 2.24) is 0 Å². The minimum Gasteiger partial charge on any atom is -0.479 e. The molecule has 0 radical (unpaired) electrons. The predicted octanol–water partition coefficient (Wildman–Crippen LogP) is 0.435. The highest BCUT2D eigenvalue weighted by Crippen LogP contribution is 1.79. The Morgan fingerprint density at radius 2 is 2.38 bits per heavy atom. The minimum absolute atomic E-state index is 0.311. The standard InChI is InChI=1S/C4H6O3S/c1-2-7-4(8)3(5)6/h2H2,1H3,(H,5,6). The van der Waals surface area contributed by atoms with Crippen molar-refractivity contribution in [2.75, 3.05) is 6.61 Å². The third-order valence-electron chi connectivity index (χ3n) is 0.450. The van der Waals surface area contributed by atoms with E-state index in [9.17, 15) is 4.79 Å². The summed E-state index contributed by atoms with van der Waals surface area (Å²) in [4.78, 5) is 9.82. The lowest BCUT2D eigenvalue weighted by atomic mass is 10.7. The summed E-state index contributed by atoms with van der Waals surface area (Å²) in [6.07, 6.45) is 0. The van der Waals surface area contributed by atoms with Crippen LogP contribution in [0, 0.1) is 0 Å². The highest BCUT2D eigenvalue weighted by Gasteiger charge is 2.03. The van der Waals surface area contributed by atoms with Gasteiger partial charge in [0.25, 0.3) is 5.05 Å². The van der Waals surface area contributed by atoms with Gasteiger partial charge in [-0.3, -0.25) is 0 Å². The van der Waals surface area contributed by atoms with E-state index in [-0.39, 0.29) is 5.05 Å². The Balaban J connectivity index is 3.49. The Kier molecular flexibility index (Phi) is 3.10. The molecule has 0 aliphatic carbocycles. The highest BCUT2D eigenvalue weighted by atomic mass is 32.1. The van der Waals surface area contributed by atoms with Gasteiger partial charge in [0.1, 0.15) is 0 Å². The lowest BCUT2D eigenvalue weighted by Gasteiger charge is -1.95. The lowest BCUT2D eigenvalue weighted by molar-refractivity contribution is -0.130. The molecule has 0 aliphatic rings. The first-order valence-corrected chi connectivity index (χ1v) is 2.49. The summed E-state index contributed by atoms with van der Waals surface area (Å²) in [5.74, 6) is -1.18. The first-order valence-electron chi connectivity index (χ1n) is 2.08. The smallest absolute Gasteiger partial charge is 0.383 e. The van der Waals surface area contributed by atoms with E-state index >= 15 is 0 Å². The summed E-state index contributed by atoms with van der Waals surface area (Å²) >= 11 is 4.26. The van der Waals surface area contributed by atoms with Crippen LogP contribution in [-0.2, 0) is 9.53 Å². The number of carboxylic acid groups (broad SMARTS) is 1. The average molecular weight is 134 g/mol. The number of rotatable bonds is 1. The van der Waals surface area contributed by atoms with Crippen molar-refractivity contribution in [2.24, 2.45) is 0 Å². The number of carbonyl (C=O) groups is 1. The minimum atomic E-state index is -1.18. The number of ether oxygens (including phenoxy) is 1. The van der Waals surface area contributed by atoms with Gasteiger partial charge in [-0.05, 0) is 19.1 Å². The molecule has 0 aromatic heterocycles. The second-order valence-corrected chi connectivity index (χ2v) is 1.40. The van der Waals surface area contributed by atoms with Gasteiger partial charge in [0.15, 0.2) is 0 Å². The van der Waals surface area contributed by atoms with Gasteiger partial charge in [0.05, 0.1) is 6.61 Å². The topological polar surface area (TPSA) is 46.5 Å². The van der Waals surface area contributed by atoms with Crippen LogP contribution in [0.3, 0.4) is 0 Å². The van der Waals surface area contributed by atoms with E-state index in [0.717, 1.165) is 0 Å². The van der Waals surface area contributed by atoms with E-state index in [1.165, 1.54) is 0 Å². The molecule has 0 bridgehead atoms. The molecule has 0 amide bonds. The Morgan fingerprint density at radius 3 is 2.50 bits per heavy atom. The summed E-state index contributed by atoms with van der Waals surface area (Å²) in [5, 5.41) is 7.68. The molecule has 1 N–H and O–H groups in total. The van der Waals surface area contributed by atoms with Crippen LogP contribution >= 0.6 is 12.2 Å². The van der Waals surface area contributed by atoms with Crippen LogP contribution in [0.25, 0.3) is 0 Å². The SMILES string of the molecule is CCOC(=S)C(=O)O. The molecule has 0 saturated heterocycles. The fraction of sp³-hybridized carbons (Fsp3) is 0.500. The van der Waals surface area contributed by atoms with Crippen LogP contribution in [0.1, 0.15) is 6.92 Å². The van der Waals surface area contributed by atoms with Crippen molar-refractivity contribution in [1.29, 1.82) is 0 Å². The van der Waals surface area contributed by atoms with Crippen molar-refractivity contribution in [3.8, 4) is 0 Å². The molecular formula is C4H6O3S. The second-order valence-electron chi connectivity index (χ2n) is 1.03. The molecule has 4 heteroatoms. The molecule has 0 heterocycles. The van der Waals surface area contributed by atoms with Crippen molar-refractivity contribution >= 4 is 23.2 Å². The summed E-state index contributed by atoms with van der Waals surface area (Å²) in [6, 6.07) is 0. The Hall–Kier alpha value is -0.640. The molecule has 0 fully saturated rings. The van der Waals surface area contributed by atoms with Gasteiger partial charge < -0.3 is 9.84 Å². The summed E-state index contributed by atoms with van der Waals surface area (Å²) in [6.45, 7) is 1.99. The van der Waals surface area contributed by atoms with Gasteiger partial charge in [-0.2, -0.15) is 0 Å². The fourth-order valence-corrected chi connectivity index (χ4v) is 0.311. The number of hydrogen-bond donors (Lipinski definition) is 1. The largest absolute Gasteiger partial charge is 0.479 e. The normalized spacial score (nSPS) is 8.12. The van der Waals surface area contributed by atoms with Gasteiger partial charge in [-0.1, -0.05) is 0 Å². The molecule has 3 nitrogen and oxygen atoms in total. The van der Waals surface area contributed by atoms with Crippen molar-refractivity contribution in [2.45, 2.75) is 6.92 Å². The van der Waals surface area contributed by atoms with Gasteiger partial charge in [0, 0.05) is 0 Å². The zero-order valence-electron chi connectivity index (χ0n) is 4.38. The van der Waals surface area contributed by atoms with Crippen LogP contribution in [0.2, 0.25) is 0 Å². The fourth-order valence-electron chi connectivity index (χ4n) is 0.193. The number of carboxylic acids is 1. The predicted molar refractivity (Wildman–Crippen MR) is 31.9 cm³/mol. The van der Waals surface area contributed by atoms with E-state index in [4.69, 9.17) is 5.11 Å². The molecule has 0 spiro atoms. The maximum absolute atomic E-state index is 9.82. The van der Waals surface area contributed by atoms with Gasteiger partial charge >= 0.3 is 5.97 Å². The zero-order valence-corrected chi connectivity index (χ0v) is 5.20. The second kappa shape index (κ2) is 3.37.